The Balaban J connectivity index is 1.70. The van der Waals surface area contributed by atoms with Crippen molar-refractivity contribution in [3.05, 3.63) is 88.3 Å². The van der Waals surface area contributed by atoms with Gasteiger partial charge in [-0.25, -0.2) is 14.4 Å². The number of benzene rings is 2. The maximum atomic E-state index is 12.7. The summed E-state index contributed by atoms with van der Waals surface area (Å²) in [6, 6.07) is 16.0. The molecule has 9 nitrogen and oxygen atoms in total. The van der Waals surface area contributed by atoms with Crippen molar-refractivity contribution in [3.8, 4) is 17.2 Å². The molecule has 2 aromatic carbocycles. The fourth-order valence-electron chi connectivity index (χ4n) is 3.58. The molecule has 0 aliphatic carbocycles. The molecule has 190 valence electrons. The fourth-order valence-corrected chi connectivity index (χ4v) is 4.10. The summed E-state index contributed by atoms with van der Waals surface area (Å²) in [6.07, 6.45) is 1.48. The SMILES string of the molecule is CNC(=O)c1cc(Oc2ccc(N(C(N)=O)c3cc(C(C)C)nn3-c3cc(Cl)cc(Cl)c3)cc2)ccn1. The minimum absolute atomic E-state index is 0.0835. The van der Waals surface area contributed by atoms with Crippen molar-refractivity contribution < 1.29 is 14.3 Å². The molecule has 11 heteroatoms. The number of nitrogens with one attached hydrogen (secondary N) is 1. The number of nitrogens with two attached hydrogens (primary N) is 1. The molecule has 0 saturated heterocycles. The highest BCUT2D eigenvalue weighted by molar-refractivity contribution is 6.34. The molecule has 0 atom stereocenters. The van der Waals surface area contributed by atoms with Crippen LogP contribution in [0.2, 0.25) is 10.0 Å². The quantitative estimate of drug-likeness (QED) is 0.296. The first-order valence-corrected chi connectivity index (χ1v) is 12.0. The van der Waals surface area contributed by atoms with Crippen LogP contribution in [0.1, 0.15) is 35.9 Å². The predicted octanol–water partition coefficient (Wildman–Crippen LogP) is 6.07. The standard InChI is InChI=1S/C26H24Cl2N6O3/c1-15(2)22-14-24(34(32-22)19-11-16(27)10-17(28)12-19)33(26(29)36)18-4-6-20(7-5-18)37-21-8-9-31-23(13-21)25(35)30-3/h4-15H,1-3H3,(H2,29,36)(H,30,35). The van der Waals surface area contributed by atoms with Crippen molar-refractivity contribution in [2.24, 2.45) is 5.73 Å². The lowest BCUT2D eigenvalue weighted by Crippen LogP contribution is -2.33. The number of aromatic nitrogens is 3. The van der Waals surface area contributed by atoms with Gasteiger partial charge >= 0.3 is 6.03 Å². The van der Waals surface area contributed by atoms with E-state index in [4.69, 9.17) is 33.7 Å². The number of carbonyl (C=O) groups excluding carboxylic acids is 2. The first-order valence-electron chi connectivity index (χ1n) is 11.3. The Bertz CT molecular complexity index is 1430. The third kappa shape index (κ3) is 5.84. The summed E-state index contributed by atoms with van der Waals surface area (Å²) in [5.41, 5.74) is 7.88. The van der Waals surface area contributed by atoms with E-state index in [0.717, 1.165) is 5.69 Å². The normalized spacial score (nSPS) is 10.9. The van der Waals surface area contributed by atoms with E-state index in [2.05, 4.69) is 15.4 Å². The smallest absolute Gasteiger partial charge is 0.325 e. The van der Waals surface area contributed by atoms with Crippen LogP contribution in [0.3, 0.4) is 0 Å². The summed E-state index contributed by atoms with van der Waals surface area (Å²) in [5.74, 6) is 1.11. The largest absolute Gasteiger partial charge is 0.457 e. The zero-order valence-electron chi connectivity index (χ0n) is 20.3. The van der Waals surface area contributed by atoms with Crippen molar-refractivity contribution in [1.29, 1.82) is 0 Å². The maximum absolute atomic E-state index is 12.7. The highest BCUT2D eigenvalue weighted by atomic mass is 35.5. The van der Waals surface area contributed by atoms with Crippen LogP contribution in [0, 0.1) is 0 Å². The van der Waals surface area contributed by atoms with E-state index in [1.54, 1.807) is 59.3 Å². The Labute approximate surface area is 223 Å². The average Bonchev–Trinajstić information content (AvgIpc) is 3.29. The minimum atomic E-state index is -0.706. The van der Waals surface area contributed by atoms with E-state index in [-0.39, 0.29) is 17.5 Å². The number of urea groups is 1. The number of ether oxygens (including phenoxy) is 1. The van der Waals surface area contributed by atoms with Gasteiger partial charge in [0.25, 0.3) is 5.91 Å². The van der Waals surface area contributed by atoms with Crippen molar-refractivity contribution in [3.63, 3.8) is 0 Å². The topological polar surface area (TPSA) is 115 Å². The number of primary amides is 1. The van der Waals surface area contributed by atoms with E-state index in [9.17, 15) is 9.59 Å². The van der Waals surface area contributed by atoms with Crippen molar-refractivity contribution in [1.82, 2.24) is 20.1 Å². The predicted molar refractivity (Wildman–Crippen MR) is 144 cm³/mol. The lowest BCUT2D eigenvalue weighted by atomic mass is 10.1. The van der Waals surface area contributed by atoms with Gasteiger partial charge in [0.15, 0.2) is 0 Å². The molecule has 0 bridgehead atoms. The number of carbonyl (C=O) groups is 2. The van der Waals surface area contributed by atoms with E-state index in [1.165, 1.54) is 24.2 Å². The third-order valence-corrected chi connectivity index (χ3v) is 5.80. The second kappa shape index (κ2) is 10.9. The summed E-state index contributed by atoms with van der Waals surface area (Å²) >= 11 is 12.5. The molecule has 3 N–H and O–H groups in total. The zero-order valence-corrected chi connectivity index (χ0v) is 21.8. The van der Waals surface area contributed by atoms with E-state index in [0.29, 0.717) is 38.7 Å². The second-order valence-electron chi connectivity index (χ2n) is 8.35. The van der Waals surface area contributed by atoms with Crippen LogP contribution in [-0.2, 0) is 0 Å². The van der Waals surface area contributed by atoms with Crippen molar-refractivity contribution >= 4 is 46.6 Å². The number of nitrogens with zero attached hydrogens (tertiary/aromatic N) is 4. The van der Waals surface area contributed by atoms with Gasteiger partial charge in [0, 0.05) is 35.4 Å². The van der Waals surface area contributed by atoms with Gasteiger partial charge in [-0.05, 0) is 54.4 Å². The molecule has 3 amide bonds. The van der Waals surface area contributed by atoms with Gasteiger partial charge in [-0.1, -0.05) is 37.0 Å². The zero-order chi connectivity index (χ0) is 26.7. The number of hydrogen-bond acceptors (Lipinski definition) is 5. The number of amides is 3. The molecule has 0 unspecified atom stereocenters. The first-order chi connectivity index (χ1) is 17.7. The number of halogens is 2. The molecule has 4 rings (SSSR count). The molecule has 0 spiro atoms. The Morgan fingerprint density at radius 2 is 1.68 bits per heavy atom. The van der Waals surface area contributed by atoms with Crippen molar-refractivity contribution in [2.75, 3.05) is 11.9 Å². The Morgan fingerprint density at radius 3 is 2.27 bits per heavy atom. The number of hydrogen-bond donors (Lipinski definition) is 2. The molecule has 0 saturated carbocycles. The summed E-state index contributed by atoms with van der Waals surface area (Å²) in [5, 5.41) is 8.06. The molecular formula is C26H24Cl2N6O3. The maximum Gasteiger partial charge on any atom is 0.325 e. The Morgan fingerprint density at radius 1 is 1.00 bits per heavy atom. The molecule has 0 aliphatic heterocycles. The minimum Gasteiger partial charge on any atom is -0.457 e. The lowest BCUT2D eigenvalue weighted by Gasteiger charge is -2.22. The van der Waals surface area contributed by atoms with E-state index < -0.39 is 6.03 Å². The Hall–Kier alpha value is -4.08. The molecule has 0 aliphatic rings. The summed E-state index contributed by atoms with van der Waals surface area (Å²) in [6.45, 7) is 3.99. The average molecular weight is 539 g/mol. The fraction of sp³-hybridized carbons (Fsp3) is 0.154. The molecule has 2 heterocycles. The summed E-state index contributed by atoms with van der Waals surface area (Å²) < 4.78 is 7.45. The molecule has 0 fully saturated rings. The first kappa shape index (κ1) is 26.0. The van der Waals surface area contributed by atoms with Gasteiger partial charge in [-0.15, -0.1) is 0 Å². The van der Waals surface area contributed by atoms with Gasteiger partial charge < -0.3 is 15.8 Å². The van der Waals surface area contributed by atoms with Crippen LogP contribution in [0.25, 0.3) is 5.69 Å². The number of anilines is 2. The number of pyridine rings is 1. The summed E-state index contributed by atoms with van der Waals surface area (Å²) in [4.78, 5) is 29.9. The lowest BCUT2D eigenvalue weighted by molar-refractivity contribution is 0.0958. The monoisotopic (exact) mass is 538 g/mol. The molecule has 0 radical (unpaired) electrons. The van der Waals surface area contributed by atoms with Gasteiger partial charge in [-0.3, -0.25) is 9.78 Å². The highest BCUT2D eigenvalue weighted by Gasteiger charge is 2.23. The second-order valence-corrected chi connectivity index (χ2v) is 9.22. The van der Waals surface area contributed by atoms with Crippen LogP contribution in [-0.4, -0.2) is 33.8 Å². The van der Waals surface area contributed by atoms with E-state index >= 15 is 0 Å². The molecular weight excluding hydrogens is 515 g/mol. The van der Waals surface area contributed by atoms with Crippen LogP contribution in [0.5, 0.6) is 11.5 Å². The van der Waals surface area contributed by atoms with Gasteiger partial charge in [-0.2, -0.15) is 5.10 Å². The third-order valence-electron chi connectivity index (χ3n) is 5.36. The van der Waals surface area contributed by atoms with Gasteiger partial charge in [0.1, 0.15) is 23.0 Å². The molecule has 4 aromatic rings. The van der Waals surface area contributed by atoms with E-state index in [1.807, 2.05) is 13.8 Å². The summed E-state index contributed by atoms with van der Waals surface area (Å²) in [7, 11) is 1.53. The van der Waals surface area contributed by atoms with Gasteiger partial charge in [0.05, 0.1) is 17.1 Å². The van der Waals surface area contributed by atoms with Crippen LogP contribution in [0.15, 0.2) is 66.9 Å². The van der Waals surface area contributed by atoms with Crippen LogP contribution >= 0.6 is 23.2 Å². The number of rotatable bonds is 7. The molecule has 37 heavy (non-hydrogen) atoms. The van der Waals surface area contributed by atoms with Crippen LogP contribution in [0.4, 0.5) is 16.3 Å². The van der Waals surface area contributed by atoms with Crippen LogP contribution < -0.4 is 20.7 Å². The van der Waals surface area contributed by atoms with Gasteiger partial charge in [0.2, 0.25) is 0 Å². The molecule has 2 aromatic heterocycles. The van der Waals surface area contributed by atoms with Crippen molar-refractivity contribution in [2.45, 2.75) is 19.8 Å². The Kier molecular flexibility index (Phi) is 7.66. The highest BCUT2D eigenvalue weighted by Crippen LogP contribution is 2.33.